The van der Waals surface area contributed by atoms with Crippen LogP contribution in [0.15, 0.2) is 5.38 Å². The number of nitrogens with zero attached hydrogens (tertiary/aromatic N) is 1. The Bertz CT molecular complexity index is 298. The van der Waals surface area contributed by atoms with Gasteiger partial charge in [0, 0.05) is 11.4 Å². The van der Waals surface area contributed by atoms with Crippen LogP contribution in [0, 0.1) is 6.92 Å². The molecule has 1 atom stereocenters. The molecule has 0 spiro atoms. The van der Waals surface area contributed by atoms with Crippen molar-refractivity contribution >= 4 is 17.4 Å². The van der Waals surface area contributed by atoms with Crippen molar-refractivity contribution in [3.8, 4) is 0 Å². The molecule has 0 radical (unpaired) electrons. The molecule has 0 aromatic carbocycles. The van der Waals surface area contributed by atoms with E-state index < -0.39 is 0 Å². The quantitative estimate of drug-likeness (QED) is 0.749. The summed E-state index contributed by atoms with van der Waals surface area (Å²) in [6.07, 6.45) is 0. The van der Waals surface area contributed by atoms with Crippen LogP contribution < -0.4 is 5.32 Å². The fraction of sp³-hybridized carbons (Fsp3) is 0.500. The third-order valence-corrected chi connectivity index (χ3v) is 2.37. The largest absolute Gasteiger partial charge is 0.394 e. The second-order valence-electron chi connectivity index (χ2n) is 2.87. The molecular formula is C8H12N2O2S. The van der Waals surface area contributed by atoms with Gasteiger partial charge in [0.2, 0.25) is 0 Å². The van der Waals surface area contributed by atoms with Crippen LogP contribution >= 0.6 is 11.5 Å². The van der Waals surface area contributed by atoms with Gasteiger partial charge in [-0.05, 0) is 25.4 Å². The van der Waals surface area contributed by atoms with Crippen LogP contribution in [0.5, 0.6) is 0 Å². The van der Waals surface area contributed by atoms with Crippen molar-refractivity contribution in [3.63, 3.8) is 0 Å². The van der Waals surface area contributed by atoms with Crippen molar-refractivity contribution in [2.45, 2.75) is 19.9 Å². The van der Waals surface area contributed by atoms with Gasteiger partial charge in [-0.25, -0.2) is 0 Å². The molecule has 13 heavy (non-hydrogen) atoms. The Balaban J connectivity index is 2.64. The van der Waals surface area contributed by atoms with Crippen LogP contribution in [0.25, 0.3) is 0 Å². The summed E-state index contributed by atoms with van der Waals surface area (Å²) >= 11 is 1.26. The van der Waals surface area contributed by atoms with E-state index in [0.29, 0.717) is 5.56 Å². The molecule has 2 N–H and O–H groups in total. The molecule has 1 aromatic heterocycles. The predicted octanol–water partition coefficient (Wildman–Crippen LogP) is 0.562. The SMILES string of the molecule is Cc1nscc1C(=O)NC(C)CO. The summed E-state index contributed by atoms with van der Waals surface area (Å²) in [5, 5.41) is 13.1. The van der Waals surface area contributed by atoms with Crippen LogP contribution in [-0.2, 0) is 0 Å². The Kier molecular flexibility index (Phi) is 3.39. The summed E-state index contributed by atoms with van der Waals surface area (Å²) in [7, 11) is 0. The highest BCUT2D eigenvalue weighted by atomic mass is 32.1. The van der Waals surface area contributed by atoms with E-state index in [2.05, 4.69) is 9.69 Å². The van der Waals surface area contributed by atoms with Crippen molar-refractivity contribution in [2.24, 2.45) is 0 Å². The van der Waals surface area contributed by atoms with Gasteiger partial charge in [0.25, 0.3) is 5.91 Å². The molecule has 0 aliphatic rings. The third-order valence-electron chi connectivity index (χ3n) is 1.65. The number of nitrogens with one attached hydrogen (secondary N) is 1. The summed E-state index contributed by atoms with van der Waals surface area (Å²) in [5.41, 5.74) is 1.32. The van der Waals surface area contributed by atoms with Gasteiger partial charge in [0.1, 0.15) is 0 Å². The van der Waals surface area contributed by atoms with Gasteiger partial charge in [0.05, 0.1) is 17.9 Å². The van der Waals surface area contributed by atoms with Gasteiger partial charge in [0.15, 0.2) is 0 Å². The Morgan fingerprint density at radius 2 is 2.54 bits per heavy atom. The van der Waals surface area contributed by atoms with Crippen molar-refractivity contribution in [1.29, 1.82) is 0 Å². The minimum absolute atomic E-state index is 0.0532. The van der Waals surface area contributed by atoms with E-state index >= 15 is 0 Å². The number of aryl methyl sites for hydroxylation is 1. The number of hydrogen-bond acceptors (Lipinski definition) is 4. The molecule has 4 nitrogen and oxygen atoms in total. The smallest absolute Gasteiger partial charge is 0.254 e. The topological polar surface area (TPSA) is 62.2 Å². The molecule has 0 fully saturated rings. The summed E-state index contributed by atoms with van der Waals surface area (Å²) < 4.78 is 3.99. The van der Waals surface area contributed by atoms with Crippen molar-refractivity contribution in [1.82, 2.24) is 9.69 Å². The normalized spacial score (nSPS) is 12.5. The van der Waals surface area contributed by atoms with E-state index in [-0.39, 0.29) is 18.6 Å². The maximum atomic E-state index is 11.4. The first-order valence-corrected chi connectivity index (χ1v) is 4.81. The highest BCUT2D eigenvalue weighted by Gasteiger charge is 2.12. The zero-order chi connectivity index (χ0) is 9.84. The molecule has 0 bridgehead atoms. The van der Waals surface area contributed by atoms with Crippen LogP contribution in [0.3, 0.4) is 0 Å². The third kappa shape index (κ3) is 2.50. The lowest BCUT2D eigenvalue weighted by atomic mass is 10.2. The lowest BCUT2D eigenvalue weighted by molar-refractivity contribution is 0.0922. The average Bonchev–Trinajstić information content (AvgIpc) is 2.51. The number of aliphatic hydroxyl groups is 1. The number of aliphatic hydroxyl groups excluding tert-OH is 1. The molecule has 1 amide bonds. The van der Waals surface area contributed by atoms with Crippen LogP contribution in [-0.4, -0.2) is 28.0 Å². The van der Waals surface area contributed by atoms with Crippen LogP contribution in [0.1, 0.15) is 23.0 Å². The summed E-state index contributed by atoms with van der Waals surface area (Å²) in [4.78, 5) is 11.4. The maximum Gasteiger partial charge on any atom is 0.254 e. The molecular weight excluding hydrogens is 188 g/mol. The van der Waals surface area contributed by atoms with Gasteiger partial charge in [-0.15, -0.1) is 0 Å². The number of amides is 1. The molecule has 0 saturated carbocycles. The minimum atomic E-state index is -0.216. The molecule has 72 valence electrons. The van der Waals surface area contributed by atoms with Gasteiger partial charge in [-0.1, -0.05) is 0 Å². The number of aromatic nitrogens is 1. The second kappa shape index (κ2) is 4.34. The predicted molar refractivity (Wildman–Crippen MR) is 50.9 cm³/mol. The fourth-order valence-electron chi connectivity index (χ4n) is 0.858. The number of carbonyl (C=O) groups is 1. The van der Waals surface area contributed by atoms with E-state index in [0.717, 1.165) is 5.69 Å². The minimum Gasteiger partial charge on any atom is -0.394 e. The monoisotopic (exact) mass is 200 g/mol. The number of hydrogen-bond donors (Lipinski definition) is 2. The van der Waals surface area contributed by atoms with E-state index in [4.69, 9.17) is 5.11 Å². The number of carbonyl (C=O) groups excluding carboxylic acids is 1. The first kappa shape index (κ1) is 10.1. The second-order valence-corrected chi connectivity index (χ2v) is 3.50. The molecule has 1 heterocycles. The molecule has 0 saturated heterocycles. The molecule has 1 rings (SSSR count). The van der Waals surface area contributed by atoms with Gasteiger partial charge < -0.3 is 10.4 Å². The van der Waals surface area contributed by atoms with Crippen molar-refractivity contribution in [3.05, 3.63) is 16.6 Å². The highest BCUT2D eigenvalue weighted by Crippen LogP contribution is 2.08. The molecule has 1 aromatic rings. The average molecular weight is 200 g/mol. The molecule has 1 unspecified atom stereocenters. The fourth-order valence-corrected chi connectivity index (χ4v) is 1.55. The van der Waals surface area contributed by atoms with Crippen molar-refractivity contribution < 1.29 is 9.90 Å². The van der Waals surface area contributed by atoms with Crippen molar-refractivity contribution in [2.75, 3.05) is 6.61 Å². The highest BCUT2D eigenvalue weighted by molar-refractivity contribution is 7.03. The molecule has 0 aliphatic heterocycles. The van der Waals surface area contributed by atoms with Gasteiger partial charge >= 0.3 is 0 Å². The standard InChI is InChI=1S/C8H12N2O2S/c1-5(3-11)9-8(12)7-4-13-10-6(7)2/h4-5,11H,3H2,1-2H3,(H,9,12). The van der Waals surface area contributed by atoms with Gasteiger partial charge in [-0.2, -0.15) is 4.37 Å². The Morgan fingerprint density at radius 3 is 3.00 bits per heavy atom. The Hall–Kier alpha value is -0.940. The molecule has 0 aliphatic carbocycles. The van der Waals surface area contributed by atoms with Gasteiger partial charge in [-0.3, -0.25) is 4.79 Å². The van der Waals surface area contributed by atoms with Crippen LogP contribution in [0.4, 0.5) is 0 Å². The first-order chi connectivity index (χ1) is 6.15. The maximum absolute atomic E-state index is 11.4. The summed E-state index contributed by atoms with van der Waals surface area (Å²) in [6.45, 7) is 3.48. The first-order valence-electron chi connectivity index (χ1n) is 3.98. The lowest BCUT2D eigenvalue weighted by Crippen LogP contribution is -2.35. The lowest BCUT2D eigenvalue weighted by Gasteiger charge is -2.09. The summed E-state index contributed by atoms with van der Waals surface area (Å²) in [6, 6.07) is -0.216. The zero-order valence-electron chi connectivity index (χ0n) is 7.57. The Labute approximate surface area is 80.8 Å². The summed E-state index contributed by atoms with van der Waals surface area (Å²) in [5.74, 6) is -0.173. The van der Waals surface area contributed by atoms with E-state index in [1.54, 1.807) is 19.2 Å². The van der Waals surface area contributed by atoms with E-state index in [9.17, 15) is 4.79 Å². The zero-order valence-corrected chi connectivity index (χ0v) is 8.39. The van der Waals surface area contributed by atoms with E-state index in [1.165, 1.54) is 11.5 Å². The van der Waals surface area contributed by atoms with E-state index in [1.807, 2.05) is 0 Å². The number of rotatable bonds is 3. The van der Waals surface area contributed by atoms with Crippen LogP contribution in [0.2, 0.25) is 0 Å². The Morgan fingerprint density at radius 1 is 1.85 bits per heavy atom. The molecule has 5 heteroatoms.